The monoisotopic (exact) mass is 252 g/mol. The number of rotatable bonds is 1. The minimum atomic E-state index is -0.951. The third-order valence-electron chi connectivity index (χ3n) is 5.83. The second kappa shape index (κ2) is 4.04. The maximum Gasteiger partial charge on any atom is 0.168 e. The van der Waals surface area contributed by atoms with Crippen molar-refractivity contribution in [3.05, 3.63) is 0 Å². The first-order chi connectivity index (χ1) is 8.49. The molecular formula is C15H24O3. The van der Waals surface area contributed by atoms with E-state index in [2.05, 4.69) is 13.8 Å². The van der Waals surface area contributed by atoms with Gasteiger partial charge in [-0.2, -0.15) is 0 Å². The zero-order valence-electron chi connectivity index (χ0n) is 11.4. The number of carbonyl (C=O) groups is 1. The average molecular weight is 252 g/mol. The molecule has 0 aromatic carbocycles. The van der Waals surface area contributed by atoms with Crippen LogP contribution in [0.15, 0.2) is 0 Å². The molecule has 3 fully saturated rings. The van der Waals surface area contributed by atoms with E-state index in [-0.39, 0.29) is 17.4 Å². The van der Waals surface area contributed by atoms with Gasteiger partial charge in [0.15, 0.2) is 5.79 Å². The van der Waals surface area contributed by atoms with Gasteiger partial charge in [-0.3, -0.25) is 4.79 Å². The summed E-state index contributed by atoms with van der Waals surface area (Å²) in [6, 6.07) is 0. The molecule has 18 heavy (non-hydrogen) atoms. The van der Waals surface area contributed by atoms with E-state index in [0.717, 1.165) is 32.1 Å². The summed E-state index contributed by atoms with van der Waals surface area (Å²) in [6.45, 7) is 4.22. The van der Waals surface area contributed by atoms with E-state index in [1.807, 2.05) is 0 Å². The fraction of sp³-hybridized carbons (Fsp3) is 0.933. The Bertz CT molecular complexity index is 367. The third kappa shape index (κ3) is 1.60. The second-order valence-corrected chi connectivity index (χ2v) is 6.66. The number of ether oxygens (including phenoxy) is 1. The first-order valence-corrected chi connectivity index (χ1v) is 7.43. The fourth-order valence-corrected chi connectivity index (χ4v) is 4.58. The summed E-state index contributed by atoms with van der Waals surface area (Å²) in [6.07, 6.45) is 6.29. The van der Waals surface area contributed by atoms with E-state index in [1.165, 1.54) is 0 Å². The predicted molar refractivity (Wildman–Crippen MR) is 67.9 cm³/mol. The zero-order valence-corrected chi connectivity index (χ0v) is 11.4. The summed E-state index contributed by atoms with van der Waals surface area (Å²) < 4.78 is 5.96. The van der Waals surface area contributed by atoms with Crippen LogP contribution in [0.5, 0.6) is 0 Å². The van der Waals surface area contributed by atoms with Gasteiger partial charge in [-0.25, -0.2) is 0 Å². The van der Waals surface area contributed by atoms with Crippen molar-refractivity contribution >= 4 is 5.78 Å². The standard InChI is InChI=1S/C15H24O3/c1-3-10-4-5-12-11-6-7-13(16)14(11,2)8-9-15(12,17)18-10/h10-12,17H,3-9H2,1-2H3/t10?,11-,12?,14+,15?/m0/s1. The van der Waals surface area contributed by atoms with E-state index < -0.39 is 5.79 Å². The Morgan fingerprint density at radius 2 is 2.06 bits per heavy atom. The molecule has 0 amide bonds. The lowest BCUT2D eigenvalue weighted by Gasteiger charge is -2.53. The highest BCUT2D eigenvalue weighted by atomic mass is 16.6. The molecule has 2 aliphatic carbocycles. The molecule has 3 aliphatic rings. The number of fused-ring (bicyclic) bond motifs is 3. The highest BCUT2D eigenvalue weighted by Gasteiger charge is 2.60. The molecular weight excluding hydrogens is 228 g/mol. The number of hydrogen-bond donors (Lipinski definition) is 1. The van der Waals surface area contributed by atoms with Crippen molar-refractivity contribution in [2.75, 3.05) is 0 Å². The minimum Gasteiger partial charge on any atom is -0.365 e. The highest BCUT2D eigenvalue weighted by Crippen LogP contribution is 2.58. The van der Waals surface area contributed by atoms with Gasteiger partial charge in [-0.15, -0.1) is 0 Å². The lowest BCUT2D eigenvalue weighted by atomic mass is 9.59. The topological polar surface area (TPSA) is 46.5 Å². The summed E-state index contributed by atoms with van der Waals surface area (Å²) in [4.78, 5) is 12.1. The number of aliphatic hydroxyl groups is 1. The molecule has 1 aliphatic heterocycles. The number of carbonyl (C=O) groups excluding carboxylic acids is 1. The lowest BCUT2D eigenvalue weighted by molar-refractivity contribution is -0.314. The van der Waals surface area contributed by atoms with Gasteiger partial charge in [0.2, 0.25) is 0 Å². The molecule has 3 nitrogen and oxygen atoms in total. The van der Waals surface area contributed by atoms with Gasteiger partial charge in [0.1, 0.15) is 5.78 Å². The van der Waals surface area contributed by atoms with Crippen LogP contribution in [-0.2, 0) is 9.53 Å². The molecule has 1 heterocycles. The maximum atomic E-state index is 12.1. The van der Waals surface area contributed by atoms with E-state index in [9.17, 15) is 9.90 Å². The second-order valence-electron chi connectivity index (χ2n) is 6.66. The van der Waals surface area contributed by atoms with Crippen LogP contribution in [-0.4, -0.2) is 22.8 Å². The number of hydrogen-bond acceptors (Lipinski definition) is 3. The van der Waals surface area contributed by atoms with Crippen molar-refractivity contribution in [2.24, 2.45) is 17.3 Å². The van der Waals surface area contributed by atoms with E-state index >= 15 is 0 Å². The van der Waals surface area contributed by atoms with Gasteiger partial charge >= 0.3 is 0 Å². The van der Waals surface area contributed by atoms with Gasteiger partial charge in [0.05, 0.1) is 6.10 Å². The first kappa shape index (κ1) is 12.6. The smallest absolute Gasteiger partial charge is 0.168 e. The zero-order chi connectivity index (χ0) is 13.0. The minimum absolute atomic E-state index is 0.172. The van der Waals surface area contributed by atoms with Crippen molar-refractivity contribution < 1.29 is 14.6 Å². The van der Waals surface area contributed by atoms with Crippen LogP contribution in [0.2, 0.25) is 0 Å². The molecule has 1 saturated heterocycles. The Morgan fingerprint density at radius 1 is 1.28 bits per heavy atom. The molecule has 1 N–H and O–H groups in total. The van der Waals surface area contributed by atoms with Gasteiger partial charge in [0, 0.05) is 24.2 Å². The largest absolute Gasteiger partial charge is 0.365 e. The predicted octanol–water partition coefficient (Wildman–Crippen LogP) is 2.66. The van der Waals surface area contributed by atoms with E-state index in [1.54, 1.807) is 0 Å². The van der Waals surface area contributed by atoms with Crippen molar-refractivity contribution in [3.8, 4) is 0 Å². The van der Waals surface area contributed by atoms with Crippen LogP contribution in [0.25, 0.3) is 0 Å². The van der Waals surface area contributed by atoms with Gasteiger partial charge < -0.3 is 9.84 Å². The number of ketones is 1. The molecule has 0 spiro atoms. The molecule has 0 aromatic rings. The van der Waals surface area contributed by atoms with Crippen LogP contribution in [0.3, 0.4) is 0 Å². The SMILES string of the molecule is CCC1CCC2[C@@H]3CCC(=O)[C@]3(C)CCC2(O)O1. The van der Waals surface area contributed by atoms with Crippen molar-refractivity contribution in [1.29, 1.82) is 0 Å². The fourth-order valence-electron chi connectivity index (χ4n) is 4.58. The van der Waals surface area contributed by atoms with E-state index in [4.69, 9.17) is 4.74 Å². The van der Waals surface area contributed by atoms with Gasteiger partial charge in [-0.05, 0) is 38.0 Å². The Hall–Kier alpha value is -0.410. The maximum absolute atomic E-state index is 12.1. The molecule has 0 bridgehead atoms. The summed E-state index contributed by atoms with van der Waals surface area (Å²) in [5.41, 5.74) is -0.181. The van der Waals surface area contributed by atoms with Crippen LogP contribution in [0, 0.1) is 17.3 Å². The molecule has 2 saturated carbocycles. The molecule has 102 valence electrons. The molecule has 3 unspecified atom stereocenters. The summed E-state index contributed by atoms with van der Waals surface area (Å²) in [5, 5.41) is 10.8. The van der Waals surface area contributed by atoms with Crippen LogP contribution < -0.4 is 0 Å². The highest BCUT2D eigenvalue weighted by molar-refractivity contribution is 5.87. The van der Waals surface area contributed by atoms with E-state index in [0.29, 0.717) is 24.5 Å². The summed E-state index contributed by atoms with van der Waals surface area (Å²) in [7, 11) is 0. The third-order valence-corrected chi connectivity index (χ3v) is 5.83. The summed E-state index contributed by atoms with van der Waals surface area (Å²) in [5.74, 6) is -0.0347. The van der Waals surface area contributed by atoms with Crippen molar-refractivity contribution in [2.45, 2.75) is 70.7 Å². The van der Waals surface area contributed by atoms with Crippen molar-refractivity contribution in [1.82, 2.24) is 0 Å². The van der Waals surface area contributed by atoms with Crippen LogP contribution >= 0.6 is 0 Å². The Morgan fingerprint density at radius 3 is 2.78 bits per heavy atom. The molecule has 5 atom stereocenters. The van der Waals surface area contributed by atoms with Crippen LogP contribution in [0.4, 0.5) is 0 Å². The summed E-state index contributed by atoms with van der Waals surface area (Å²) >= 11 is 0. The van der Waals surface area contributed by atoms with Crippen LogP contribution in [0.1, 0.15) is 58.8 Å². The molecule has 0 aromatic heterocycles. The van der Waals surface area contributed by atoms with Crippen molar-refractivity contribution in [3.63, 3.8) is 0 Å². The molecule has 0 radical (unpaired) electrons. The normalized spacial score (nSPS) is 51.9. The quantitative estimate of drug-likeness (QED) is 0.780. The number of Topliss-reactive ketones (excluding diaryl/α,β-unsaturated/α-hetero) is 1. The first-order valence-electron chi connectivity index (χ1n) is 7.43. The Kier molecular flexibility index (Phi) is 2.83. The van der Waals surface area contributed by atoms with Gasteiger partial charge in [0.25, 0.3) is 0 Å². The Balaban J connectivity index is 1.87. The molecule has 3 heteroatoms. The molecule has 3 rings (SSSR count). The van der Waals surface area contributed by atoms with Gasteiger partial charge in [-0.1, -0.05) is 13.8 Å². The Labute approximate surface area is 109 Å². The lowest BCUT2D eigenvalue weighted by Crippen LogP contribution is -2.57. The average Bonchev–Trinajstić information content (AvgIpc) is 2.65.